The molecule has 2 bridgehead atoms. The molecular formula is C20H27N5. The van der Waals surface area contributed by atoms with Gasteiger partial charge in [0.15, 0.2) is 0 Å². The van der Waals surface area contributed by atoms with E-state index < -0.39 is 0 Å². The van der Waals surface area contributed by atoms with Crippen molar-refractivity contribution >= 4 is 11.6 Å². The quantitative estimate of drug-likeness (QED) is 0.908. The van der Waals surface area contributed by atoms with E-state index in [-0.39, 0.29) is 0 Å². The van der Waals surface area contributed by atoms with Gasteiger partial charge >= 0.3 is 0 Å². The van der Waals surface area contributed by atoms with E-state index in [2.05, 4.69) is 64.5 Å². The van der Waals surface area contributed by atoms with Gasteiger partial charge in [0.1, 0.15) is 17.5 Å². The molecule has 0 amide bonds. The van der Waals surface area contributed by atoms with Gasteiger partial charge in [-0.05, 0) is 45.0 Å². The van der Waals surface area contributed by atoms with Crippen molar-refractivity contribution in [2.75, 3.05) is 43.9 Å². The highest BCUT2D eigenvalue weighted by Gasteiger charge is 2.38. The molecule has 1 aliphatic carbocycles. The van der Waals surface area contributed by atoms with E-state index in [1.54, 1.807) is 5.56 Å². The van der Waals surface area contributed by atoms with E-state index in [0.717, 1.165) is 37.1 Å². The Morgan fingerprint density at radius 2 is 1.96 bits per heavy atom. The Balaban J connectivity index is 1.59. The number of likely N-dealkylation sites (N-methyl/N-ethyl adjacent to an activating group) is 1. The highest BCUT2D eigenvalue weighted by molar-refractivity contribution is 5.55. The monoisotopic (exact) mass is 337 g/mol. The molecule has 5 heteroatoms. The Labute approximate surface area is 150 Å². The molecule has 5 nitrogen and oxygen atoms in total. The number of nitrogens with zero attached hydrogens (tertiary/aromatic N) is 4. The normalized spacial score (nSPS) is 21.5. The number of nitrogens with one attached hydrogen (secondary N) is 1. The molecule has 3 heterocycles. The first-order valence-corrected chi connectivity index (χ1v) is 9.21. The van der Waals surface area contributed by atoms with Crippen molar-refractivity contribution in [1.29, 1.82) is 0 Å². The number of aromatic nitrogens is 2. The van der Waals surface area contributed by atoms with Crippen LogP contribution in [0.2, 0.25) is 0 Å². The molecule has 0 saturated carbocycles. The molecule has 1 N–H and O–H groups in total. The van der Waals surface area contributed by atoms with Gasteiger partial charge in [-0.15, -0.1) is 0 Å². The fourth-order valence-corrected chi connectivity index (χ4v) is 4.18. The first-order valence-electron chi connectivity index (χ1n) is 9.21. The summed E-state index contributed by atoms with van der Waals surface area (Å²) >= 11 is 0. The van der Waals surface area contributed by atoms with Crippen LogP contribution in [-0.2, 0) is 0 Å². The molecular weight excluding hydrogens is 310 g/mol. The highest BCUT2D eigenvalue weighted by Crippen LogP contribution is 2.47. The standard InChI is InChI=1S/C20H27N5/c1-14-22-19(21-10-11-24(2)3)12-20(23-14)25-13-15-8-9-18(25)17-7-5-4-6-16(15)17/h4-7,12,15,18H,8-11,13H2,1-3H3,(H,21,22,23)/t15-,18+/m1/s1. The largest absolute Gasteiger partial charge is 0.369 e. The van der Waals surface area contributed by atoms with Crippen LogP contribution in [-0.4, -0.2) is 48.6 Å². The minimum Gasteiger partial charge on any atom is -0.369 e. The average molecular weight is 337 g/mol. The Bertz CT molecular complexity index is 758. The number of anilines is 2. The summed E-state index contributed by atoms with van der Waals surface area (Å²) in [6.07, 6.45) is 2.50. The van der Waals surface area contributed by atoms with Gasteiger partial charge < -0.3 is 15.1 Å². The van der Waals surface area contributed by atoms with Crippen molar-refractivity contribution in [1.82, 2.24) is 14.9 Å². The lowest BCUT2D eigenvalue weighted by Crippen LogP contribution is -2.43. The van der Waals surface area contributed by atoms with Gasteiger partial charge in [0, 0.05) is 31.6 Å². The van der Waals surface area contributed by atoms with Crippen LogP contribution in [0.5, 0.6) is 0 Å². The zero-order valence-corrected chi connectivity index (χ0v) is 15.4. The maximum Gasteiger partial charge on any atom is 0.134 e. The molecule has 2 atom stereocenters. The van der Waals surface area contributed by atoms with Crippen LogP contribution in [0.1, 0.15) is 41.8 Å². The van der Waals surface area contributed by atoms with Gasteiger partial charge in [-0.3, -0.25) is 0 Å². The number of rotatable bonds is 5. The lowest BCUT2D eigenvalue weighted by Gasteiger charge is -2.47. The van der Waals surface area contributed by atoms with Gasteiger partial charge in [-0.25, -0.2) is 9.97 Å². The van der Waals surface area contributed by atoms with Gasteiger partial charge in [-0.1, -0.05) is 24.3 Å². The second kappa shape index (κ2) is 6.64. The summed E-state index contributed by atoms with van der Waals surface area (Å²) in [6.45, 7) is 4.92. The fourth-order valence-electron chi connectivity index (χ4n) is 4.18. The number of hydrogen-bond donors (Lipinski definition) is 1. The molecule has 2 aromatic rings. The summed E-state index contributed by atoms with van der Waals surface area (Å²) in [5.41, 5.74) is 3.04. The number of piperidine rings is 1. The van der Waals surface area contributed by atoms with Crippen molar-refractivity contribution in [3.05, 3.63) is 47.3 Å². The SMILES string of the molecule is Cc1nc(NCCN(C)C)cc(N2C[C@H]3CC[C@H]2c2ccccc23)n1. The van der Waals surface area contributed by atoms with Crippen molar-refractivity contribution in [3.8, 4) is 0 Å². The predicted molar refractivity (Wildman–Crippen MR) is 102 cm³/mol. The van der Waals surface area contributed by atoms with Crippen LogP contribution in [0.4, 0.5) is 11.6 Å². The van der Waals surface area contributed by atoms with Gasteiger partial charge in [0.2, 0.25) is 0 Å². The summed E-state index contributed by atoms with van der Waals surface area (Å²) in [5.74, 6) is 3.45. The highest BCUT2D eigenvalue weighted by atomic mass is 15.2. The van der Waals surface area contributed by atoms with E-state index >= 15 is 0 Å². The van der Waals surface area contributed by atoms with Gasteiger partial charge in [0.05, 0.1) is 6.04 Å². The number of hydrogen-bond acceptors (Lipinski definition) is 5. The van der Waals surface area contributed by atoms with E-state index in [4.69, 9.17) is 4.98 Å². The Morgan fingerprint density at radius 1 is 1.16 bits per heavy atom. The summed E-state index contributed by atoms with van der Waals surface area (Å²) in [6, 6.07) is 11.5. The molecule has 1 fully saturated rings. The summed E-state index contributed by atoms with van der Waals surface area (Å²) in [7, 11) is 4.17. The minimum atomic E-state index is 0.449. The molecule has 5 rings (SSSR count). The fraction of sp³-hybridized carbons (Fsp3) is 0.500. The van der Waals surface area contributed by atoms with Crippen molar-refractivity contribution in [2.45, 2.75) is 31.7 Å². The molecule has 0 unspecified atom stereocenters. The van der Waals surface area contributed by atoms with E-state index in [9.17, 15) is 0 Å². The third-order valence-electron chi connectivity index (χ3n) is 5.36. The maximum atomic E-state index is 4.76. The second-order valence-electron chi connectivity index (χ2n) is 7.46. The Hall–Kier alpha value is -2.14. The van der Waals surface area contributed by atoms with E-state index in [1.165, 1.54) is 18.4 Å². The smallest absolute Gasteiger partial charge is 0.134 e. The third kappa shape index (κ3) is 3.21. The molecule has 0 spiro atoms. The van der Waals surface area contributed by atoms with Gasteiger partial charge in [-0.2, -0.15) is 0 Å². The van der Waals surface area contributed by atoms with Crippen LogP contribution in [0.3, 0.4) is 0 Å². The van der Waals surface area contributed by atoms with Crippen LogP contribution in [0.25, 0.3) is 0 Å². The van der Waals surface area contributed by atoms with E-state index in [1.807, 2.05) is 6.92 Å². The molecule has 0 radical (unpaired) electrons. The second-order valence-corrected chi connectivity index (χ2v) is 7.46. The van der Waals surface area contributed by atoms with Crippen LogP contribution in [0, 0.1) is 6.92 Å². The lowest BCUT2D eigenvalue weighted by atomic mass is 9.75. The number of benzene rings is 1. The topological polar surface area (TPSA) is 44.3 Å². The molecule has 3 aliphatic rings. The number of aryl methyl sites for hydroxylation is 1. The zero-order valence-electron chi connectivity index (χ0n) is 15.4. The van der Waals surface area contributed by atoms with Crippen molar-refractivity contribution < 1.29 is 0 Å². The summed E-state index contributed by atoms with van der Waals surface area (Å²) < 4.78 is 0. The van der Waals surface area contributed by atoms with Crippen LogP contribution in [0.15, 0.2) is 30.3 Å². The Morgan fingerprint density at radius 3 is 2.76 bits per heavy atom. The first-order chi connectivity index (χ1) is 12.1. The zero-order chi connectivity index (χ0) is 17.4. The Kier molecular flexibility index (Phi) is 4.34. The minimum absolute atomic E-state index is 0.449. The molecule has 25 heavy (non-hydrogen) atoms. The summed E-state index contributed by atoms with van der Waals surface area (Å²) in [5, 5.41) is 3.44. The van der Waals surface area contributed by atoms with Crippen LogP contribution < -0.4 is 10.2 Å². The van der Waals surface area contributed by atoms with Crippen molar-refractivity contribution in [3.63, 3.8) is 0 Å². The first kappa shape index (κ1) is 16.3. The molecule has 1 aromatic carbocycles. The third-order valence-corrected chi connectivity index (χ3v) is 5.36. The van der Waals surface area contributed by atoms with Crippen molar-refractivity contribution in [2.24, 2.45) is 0 Å². The molecule has 1 saturated heterocycles. The summed E-state index contributed by atoms with van der Waals surface area (Å²) in [4.78, 5) is 14.0. The van der Waals surface area contributed by atoms with Gasteiger partial charge in [0.25, 0.3) is 0 Å². The predicted octanol–water partition coefficient (Wildman–Crippen LogP) is 3.20. The van der Waals surface area contributed by atoms with Crippen LogP contribution >= 0.6 is 0 Å². The van der Waals surface area contributed by atoms with E-state index in [0.29, 0.717) is 12.0 Å². The number of fused-ring (bicyclic) bond motifs is 2. The average Bonchev–Trinajstić information content (AvgIpc) is 2.61. The lowest BCUT2D eigenvalue weighted by molar-refractivity contribution is 0.387. The molecule has 2 aliphatic heterocycles. The molecule has 1 aromatic heterocycles. The molecule has 132 valence electrons. The maximum absolute atomic E-state index is 4.76.